The fourth-order valence-corrected chi connectivity index (χ4v) is 1.73. The summed E-state index contributed by atoms with van der Waals surface area (Å²) >= 11 is 0. The zero-order valence-electron chi connectivity index (χ0n) is 7.63. The molecule has 0 aromatic carbocycles. The van der Waals surface area contributed by atoms with Gasteiger partial charge in [0.2, 0.25) is 0 Å². The van der Waals surface area contributed by atoms with Crippen LogP contribution in [0.25, 0.3) is 0 Å². The Hall–Kier alpha value is -0.0000000000000000555. The first-order chi connectivity index (χ1) is 5.91. The zero-order chi connectivity index (χ0) is 10.1. The van der Waals surface area contributed by atoms with Gasteiger partial charge in [-0.1, -0.05) is 0 Å². The maximum absolute atomic E-state index is 12.0. The largest absolute Gasteiger partial charge is 0.414 e. The topological polar surface area (TPSA) is 46.2 Å². The Balaban J connectivity index is 0.00000169. The van der Waals surface area contributed by atoms with E-state index >= 15 is 0 Å². The van der Waals surface area contributed by atoms with Crippen LogP contribution in [0.4, 0.5) is 13.2 Å². The molecule has 0 aliphatic heterocycles. The molecule has 1 fully saturated rings. The van der Waals surface area contributed by atoms with Gasteiger partial charge in [0.25, 0.3) is 0 Å². The summed E-state index contributed by atoms with van der Waals surface area (Å²) in [6, 6.07) is 0.0108. The van der Waals surface area contributed by atoms with Crippen molar-refractivity contribution in [1.29, 1.82) is 0 Å². The molecule has 0 saturated heterocycles. The lowest BCUT2D eigenvalue weighted by Gasteiger charge is -2.30. The number of aliphatic hydroxyl groups is 1. The number of nitrogens with two attached hydrogens (primary N) is 1. The van der Waals surface area contributed by atoms with Crippen molar-refractivity contribution in [2.24, 2.45) is 11.7 Å². The van der Waals surface area contributed by atoms with E-state index in [9.17, 15) is 13.2 Å². The quantitative estimate of drug-likeness (QED) is 0.726. The molecule has 0 radical (unpaired) electrons. The molecule has 1 atom stereocenters. The van der Waals surface area contributed by atoms with Crippen molar-refractivity contribution in [3.63, 3.8) is 0 Å². The average molecular weight is 234 g/mol. The normalized spacial score (nSPS) is 30.6. The molecule has 1 rings (SSSR count). The Morgan fingerprint density at radius 3 is 1.93 bits per heavy atom. The van der Waals surface area contributed by atoms with Crippen molar-refractivity contribution in [2.75, 3.05) is 0 Å². The van der Waals surface area contributed by atoms with Crippen LogP contribution in [0.2, 0.25) is 0 Å². The first kappa shape index (κ1) is 14.0. The number of hydrogen-bond acceptors (Lipinski definition) is 2. The molecule has 1 saturated carbocycles. The van der Waals surface area contributed by atoms with E-state index in [1.54, 1.807) is 0 Å². The third-order valence-electron chi connectivity index (χ3n) is 2.60. The predicted octanol–water partition coefficient (Wildman–Crippen LogP) is 1.85. The first-order valence-electron chi connectivity index (χ1n) is 4.41. The van der Waals surface area contributed by atoms with Crippen LogP contribution in [0, 0.1) is 5.92 Å². The van der Waals surface area contributed by atoms with Crippen molar-refractivity contribution in [3.05, 3.63) is 0 Å². The maximum Gasteiger partial charge on any atom is 0.414 e. The van der Waals surface area contributed by atoms with Gasteiger partial charge in [0.15, 0.2) is 6.10 Å². The van der Waals surface area contributed by atoms with E-state index in [4.69, 9.17) is 10.8 Å². The molecule has 0 aromatic heterocycles. The van der Waals surface area contributed by atoms with E-state index < -0.39 is 18.2 Å². The second-order valence-corrected chi connectivity index (χ2v) is 3.66. The van der Waals surface area contributed by atoms with E-state index in [-0.39, 0.29) is 18.4 Å². The van der Waals surface area contributed by atoms with Crippen LogP contribution < -0.4 is 5.73 Å². The molecule has 1 unspecified atom stereocenters. The van der Waals surface area contributed by atoms with Crippen molar-refractivity contribution >= 4 is 12.4 Å². The van der Waals surface area contributed by atoms with Crippen LogP contribution in [0.5, 0.6) is 0 Å². The third kappa shape index (κ3) is 3.63. The first-order valence-corrected chi connectivity index (χ1v) is 4.41. The second-order valence-electron chi connectivity index (χ2n) is 3.66. The van der Waals surface area contributed by atoms with Crippen LogP contribution in [0.15, 0.2) is 0 Å². The molecule has 1 aliphatic carbocycles. The molecule has 3 N–H and O–H groups in total. The van der Waals surface area contributed by atoms with E-state index in [0.717, 1.165) is 0 Å². The molecule has 0 heterocycles. The molecule has 6 heteroatoms. The van der Waals surface area contributed by atoms with Crippen LogP contribution in [-0.2, 0) is 0 Å². The summed E-state index contributed by atoms with van der Waals surface area (Å²) in [6.07, 6.45) is -4.73. The number of alkyl halides is 3. The van der Waals surface area contributed by atoms with Gasteiger partial charge in [0, 0.05) is 6.04 Å². The number of aliphatic hydroxyl groups excluding tert-OH is 1. The van der Waals surface area contributed by atoms with Crippen molar-refractivity contribution < 1.29 is 18.3 Å². The molecule has 1 aliphatic rings. The van der Waals surface area contributed by atoms with Gasteiger partial charge in [0.05, 0.1) is 0 Å². The summed E-state index contributed by atoms with van der Waals surface area (Å²) in [5.74, 6) is -0.653. The Kier molecular flexibility index (Phi) is 5.19. The van der Waals surface area contributed by atoms with E-state index in [2.05, 4.69) is 0 Å². The molecule has 0 amide bonds. The Bertz CT molecular complexity index is 168. The van der Waals surface area contributed by atoms with Crippen molar-refractivity contribution in [2.45, 2.75) is 44.0 Å². The molecule has 0 spiro atoms. The highest BCUT2D eigenvalue weighted by atomic mass is 35.5. The van der Waals surface area contributed by atoms with Gasteiger partial charge < -0.3 is 10.8 Å². The zero-order valence-corrected chi connectivity index (χ0v) is 8.44. The number of halogens is 4. The molecular weight excluding hydrogens is 219 g/mol. The highest BCUT2D eigenvalue weighted by Crippen LogP contribution is 2.33. The van der Waals surface area contributed by atoms with Crippen LogP contribution in [0.1, 0.15) is 25.7 Å². The Morgan fingerprint density at radius 2 is 1.57 bits per heavy atom. The fraction of sp³-hybridized carbons (Fsp3) is 1.00. The van der Waals surface area contributed by atoms with Gasteiger partial charge in [-0.05, 0) is 31.6 Å². The molecular formula is C8H15ClF3NO. The van der Waals surface area contributed by atoms with Gasteiger partial charge in [-0.3, -0.25) is 0 Å². The highest BCUT2D eigenvalue weighted by Gasteiger charge is 2.43. The maximum atomic E-state index is 12.0. The summed E-state index contributed by atoms with van der Waals surface area (Å²) in [7, 11) is 0. The highest BCUT2D eigenvalue weighted by molar-refractivity contribution is 5.85. The van der Waals surface area contributed by atoms with Gasteiger partial charge >= 0.3 is 6.18 Å². The lowest BCUT2D eigenvalue weighted by atomic mass is 9.83. The summed E-state index contributed by atoms with van der Waals surface area (Å²) in [5, 5.41) is 8.93. The van der Waals surface area contributed by atoms with Gasteiger partial charge in [-0.2, -0.15) is 13.2 Å². The Morgan fingerprint density at radius 1 is 1.14 bits per heavy atom. The lowest BCUT2D eigenvalue weighted by molar-refractivity contribution is -0.222. The summed E-state index contributed by atoms with van der Waals surface area (Å²) in [6.45, 7) is 0. The lowest BCUT2D eigenvalue weighted by Crippen LogP contribution is -2.39. The van der Waals surface area contributed by atoms with Crippen LogP contribution in [0.3, 0.4) is 0 Å². The van der Waals surface area contributed by atoms with E-state index in [1.165, 1.54) is 0 Å². The third-order valence-corrected chi connectivity index (χ3v) is 2.60. The van der Waals surface area contributed by atoms with Crippen LogP contribution >= 0.6 is 12.4 Å². The fourth-order valence-electron chi connectivity index (χ4n) is 1.73. The van der Waals surface area contributed by atoms with E-state index in [0.29, 0.717) is 25.7 Å². The van der Waals surface area contributed by atoms with E-state index in [1.807, 2.05) is 0 Å². The number of hydrogen-bond donors (Lipinski definition) is 2. The summed E-state index contributed by atoms with van der Waals surface area (Å²) in [5.41, 5.74) is 5.54. The summed E-state index contributed by atoms with van der Waals surface area (Å²) in [4.78, 5) is 0. The molecule has 0 bridgehead atoms. The SMILES string of the molecule is Cl.NC1CCC(C(O)C(F)(F)F)CC1. The molecule has 86 valence electrons. The minimum absolute atomic E-state index is 0. The van der Waals surface area contributed by atoms with Gasteiger partial charge in [0.1, 0.15) is 0 Å². The average Bonchev–Trinajstić information content (AvgIpc) is 2.03. The smallest absolute Gasteiger partial charge is 0.383 e. The standard InChI is InChI=1S/C8H14F3NO.ClH/c9-8(10,11)7(13)5-1-3-6(12)4-2-5;/h5-7,13H,1-4,12H2;1H. The van der Waals surface area contributed by atoms with Crippen molar-refractivity contribution in [3.8, 4) is 0 Å². The number of rotatable bonds is 1. The van der Waals surface area contributed by atoms with Gasteiger partial charge in [-0.25, -0.2) is 0 Å². The van der Waals surface area contributed by atoms with Gasteiger partial charge in [-0.15, -0.1) is 12.4 Å². The van der Waals surface area contributed by atoms with Crippen LogP contribution in [-0.4, -0.2) is 23.4 Å². The minimum Gasteiger partial charge on any atom is -0.383 e. The monoisotopic (exact) mass is 233 g/mol. The molecule has 0 aromatic rings. The predicted molar refractivity (Wildman–Crippen MR) is 49.2 cm³/mol. The second kappa shape index (κ2) is 5.19. The summed E-state index contributed by atoms with van der Waals surface area (Å²) < 4.78 is 36.1. The van der Waals surface area contributed by atoms with Crippen molar-refractivity contribution in [1.82, 2.24) is 0 Å². The molecule has 2 nitrogen and oxygen atoms in total. The Labute approximate surface area is 87.1 Å². The minimum atomic E-state index is -4.48. The molecule has 14 heavy (non-hydrogen) atoms.